The lowest BCUT2D eigenvalue weighted by atomic mass is 9.80. The Hall–Kier alpha value is -0.120. The molecular weight excluding hydrogens is 202 g/mol. The van der Waals surface area contributed by atoms with Gasteiger partial charge in [0, 0.05) is 19.8 Å². The van der Waals surface area contributed by atoms with Crippen LogP contribution in [0.25, 0.3) is 0 Å². The second-order valence-electron chi connectivity index (χ2n) is 4.80. The zero-order chi connectivity index (χ0) is 11.6. The first kappa shape index (κ1) is 13.9. The largest absolute Gasteiger partial charge is 0.396 e. The molecule has 2 unspecified atom stereocenters. The topological polar surface area (TPSA) is 41.5 Å². The van der Waals surface area contributed by atoms with E-state index in [-0.39, 0.29) is 0 Å². The number of nitrogens with one attached hydrogen (secondary N) is 1. The van der Waals surface area contributed by atoms with E-state index in [1.807, 2.05) is 0 Å². The zero-order valence-corrected chi connectivity index (χ0v) is 10.6. The fourth-order valence-corrected chi connectivity index (χ4v) is 2.47. The van der Waals surface area contributed by atoms with Gasteiger partial charge in [-0.2, -0.15) is 0 Å². The lowest BCUT2D eigenvalue weighted by Gasteiger charge is -2.30. The van der Waals surface area contributed by atoms with Crippen molar-refractivity contribution in [2.45, 2.75) is 39.0 Å². The van der Waals surface area contributed by atoms with Gasteiger partial charge in [-0.25, -0.2) is 0 Å². The van der Waals surface area contributed by atoms with E-state index in [9.17, 15) is 5.11 Å². The van der Waals surface area contributed by atoms with Gasteiger partial charge in [-0.15, -0.1) is 0 Å². The number of hydrogen-bond acceptors (Lipinski definition) is 3. The van der Waals surface area contributed by atoms with Gasteiger partial charge < -0.3 is 15.2 Å². The quantitative estimate of drug-likeness (QED) is 0.624. The Bertz CT molecular complexity index is 164. The normalized spacial score (nSPS) is 25.9. The van der Waals surface area contributed by atoms with Crippen LogP contribution in [0.1, 0.15) is 39.0 Å². The number of hydrogen-bond donors (Lipinski definition) is 2. The molecule has 0 bridgehead atoms. The van der Waals surface area contributed by atoms with E-state index < -0.39 is 0 Å². The molecule has 0 spiro atoms. The molecular formula is C13H27NO2. The average molecular weight is 229 g/mol. The molecule has 0 saturated heterocycles. The Kier molecular flexibility index (Phi) is 7.81. The smallest absolute Gasteiger partial charge is 0.0590 e. The lowest BCUT2D eigenvalue weighted by molar-refractivity contribution is 0.120. The molecule has 1 saturated carbocycles. The summed E-state index contributed by atoms with van der Waals surface area (Å²) in [5, 5.41) is 12.7. The molecule has 0 aromatic rings. The van der Waals surface area contributed by atoms with Crippen LogP contribution in [-0.4, -0.2) is 38.0 Å². The van der Waals surface area contributed by atoms with Crippen molar-refractivity contribution in [2.75, 3.05) is 32.9 Å². The molecule has 3 heteroatoms. The highest BCUT2D eigenvalue weighted by atomic mass is 16.5. The van der Waals surface area contributed by atoms with Gasteiger partial charge in [-0.1, -0.05) is 19.8 Å². The Morgan fingerprint density at radius 2 is 1.94 bits per heavy atom. The third-order valence-electron chi connectivity index (χ3n) is 3.48. The van der Waals surface area contributed by atoms with Gasteiger partial charge in [0.2, 0.25) is 0 Å². The van der Waals surface area contributed by atoms with Crippen molar-refractivity contribution in [1.29, 1.82) is 0 Å². The van der Waals surface area contributed by atoms with Crippen LogP contribution in [-0.2, 0) is 4.74 Å². The van der Waals surface area contributed by atoms with Gasteiger partial charge in [-0.05, 0) is 37.6 Å². The summed E-state index contributed by atoms with van der Waals surface area (Å²) in [4.78, 5) is 0. The van der Waals surface area contributed by atoms with E-state index in [1.165, 1.54) is 25.7 Å². The Balaban J connectivity index is 2.02. The number of ether oxygens (including phenoxy) is 1. The summed E-state index contributed by atoms with van der Waals surface area (Å²) in [5.41, 5.74) is 0. The van der Waals surface area contributed by atoms with E-state index in [0.717, 1.165) is 32.7 Å². The second-order valence-corrected chi connectivity index (χ2v) is 4.80. The number of aliphatic hydroxyl groups is 1. The minimum Gasteiger partial charge on any atom is -0.396 e. The van der Waals surface area contributed by atoms with E-state index >= 15 is 0 Å². The highest BCUT2D eigenvalue weighted by Gasteiger charge is 2.23. The van der Waals surface area contributed by atoms with Crippen LogP contribution in [0, 0.1) is 11.8 Å². The van der Waals surface area contributed by atoms with Gasteiger partial charge >= 0.3 is 0 Å². The molecule has 96 valence electrons. The maximum absolute atomic E-state index is 9.28. The summed E-state index contributed by atoms with van der Waals surface area (Å²) in [6.45, 7) is 6.14. The molecule has 0 aromatic heterocycles. The highest BCUT2D eigenvalue weighted by molar-refractivity contribution is 4.76. The average Bonchev–Trinajstić information content (AvgIpc) is 2.34. The molecule has 1 aliphatic carbocycles. The maximum Gasteiger partial charge on any atom is 0.0590 e. The summed E-state index contributed by atoms with van der Waals surface area (Å²) in [6, 6.07) is 0. The molecule has 16 heavy (non-hydrogen) atoms. The molecule has 0 aromatic carbocycles. The van der Waals surface area contributed by atoms with Crippen LogP contribution in [0.3, 0.4) is 0 Å². The minimum atomic E-state index is 0.360. The van der Waals surface area contributed by atoms with Crippen molar-refractivity contribution in [3.8, 4) is 0 Å². The first-order valence-electron chi connectivity index (χ1n) is 6.77. The third-order valence-corrected chi connectivity index (χ3v) is 3.48. The fraction of sp³-hybridized carbons (Fsp3) is 1.00. The van der Waals surface area contributed by atoms with Crippen molar-refractivity contribution in [2.24, 2.45) is 11.8 Å². The predicted octanol–water partition coefficient (Wildman–Crippen LogP) is 1.80. The number of rotatable bonds is 8. The number of aliphatic hydroxyl groups excluding tert-OH is 1. The summed E-state index contributed by atoms with van der Waals surface area (Å²) >= 11 is 0. The van der Waals surface area contributed by atoms with Crippen LogP contribution < -0.4 is 5.32 Å². The molecule has 3 nitrogen and oxygen atoms in total. The van der Waals surface area contributed by atoms with Crippen molar-refractivity contribution >= 4 is 0 Å². The van der Waals surface area contributed by atoms with Crippen molar-refractivity contribution in [1.82, 2.24) is 5.32 Å². The first-order valence-corrected chi connectivity index (χ1v) is 6.77. The molecule has 2 N–H and O–H groups in total. The highest BCUT2D eigenvalue weighted by Crippen LogP contribution is 2.28. The lowest BCUT2D eigenvalue weighted by Crippen LogP contribution is -2.33. The fourth-order valence-electron chi connectivity index (χ4n) is 2.47. The summed E-state index contributed by atoms with van der Waals surface area (Å²) in [6.07, 6.45) is 6.19. The summed E-state index contributed by atoms with van der Waals surface area (Å²) < 4.78 is 5.41. The van der Waals surface area contributed by atoms with E-state index in [0.29, 0.717) is 18.4 Å². The minimum absolute atomic E-state index is 0.360. The Labute approximate surface area is 99.6 Å². The van der Waals surface area contributed by atoms with Crippen LogP contribution in [0.4, 0.5) is 0 Å². The second kappa shape index (κ2) is 8.97. The van der Waals surface area contributed by atoms with Crippen LogP contribution >= 0.6 is 0 Å². The first-order chi connectivity index (χ1) is 7.88. The zero-order valence-electron chi connectivity index (χ0n) is 10.6. The Morgan fingerprint density at radius 3 is 2.62 bits per heavy atom. The molecule has 0 aliphatic heterocycles. The standard InChI is InChI=1S/C13H27NO2/c1-2-8-16-9-7-14-10-12-5-3-4-6-13(12)11-15/h12-15H,2-11H2,1H3. The van der Waals surface area contributed by atoms with Gasteiger partial charge in [-0.3, -0.25) is 0 Å². The monoisotopic (exact) mass is 229 g/mol. The molecule has 0 radical (unpaired) electrons. The van der Waals surface area contributed by atoms with Crippen LogP contribution in [0.15, 0.2) is 0 Å². The van der Waals surface area contributed by atoms with Crippen molar-refractivity contribution in [3.05, 3.63) is 0 Å². The van der Waals surface area contributed by atoms with Gasteiger partial charge in [0.25, 0.3) is 0 Å². The molecule has 2 atom stereocenters. The van der Waals surface area contributed by atoms with Gasteiger partial charge in [0.1, 0.15) is 0 Å². The molecule has 1 fully saturated rings. The van der Waals surface area contributed by atoms with Gasteiger partial charge in [0.15, 0.2) is 0 Å². The maximum atomic E-state index is 9.28. The van der Waals surface area contributed by atoms with Gasteiger partial charge in [0.05, 0.1) is 6.61 Å². The van der Waals surface area contributed by atoms with E-state index in [2.05, 4.69) is 12.2 Å². The SMILES string of the molecule is CCCOCCNCC1CCCCC1CO. The summed E-state index contributed by atoms with van der Waals surface area (Å²) in [7, 11) is 0. The molecule has 0 amide bonds. The summed E-state index contributed by atoms with van der Waals surface area (Å²) in [5.74, 6) is 1.20. The van der Waals surface area contributed by atoms with Crippen LogP contribution in [0.2, 0.25) is 0 Å². The van der Waals surface area contributed by atoms with Crippen molar-refractivity contribution < 1.29 is 9.84 Å². The van der Waals surface area contributed by atoms with E-state index in [4.69, 9.17) is 4.74 Å². The molecule has 0 heterocycles. The molecule has 1 rings (SSSR count). The van der Waals surface area contributed by atoms with E-state index in [1.54, 1.807) is 0 Å². The van der Waals surface area contributed by atoms with Crippen LogP contribution in [0.5, 0.6) is 0 Å². The Morgan fingerprint density at radius 1 is 1.19 bits per heavy atom. The molecule has 1 aliphatic rings. The predicted molar refractivity (Wildman–Crippen MR) is 66.5 cm³/mol. The van der Waals surface area contributed by atoms with Crippen molar-refractivity contribution in [3.63, 3.8) is 0 Å². The third kappa shape index (κ3) is 5.28.